The number of pyridine rings is 1. The monoisotopic (exact) mass is 350 g/mol. The minimum atomic E-state index is -3.73. The molecule has 130 valence electrons. The molecule has 1 amide bonds. The zero-order valence-electron chi connectivity index (χ0n) is 12.9. The molecular weight excluding hydrogens is 338 g/mol. The van der Waals surface area contributed by atoms with Gasteiger partial charge in [0.05, 0.1) is 5.56 Å². The number of nitrogens with one attached hydrogen (secondary N) is 1. The van der Waals surface area contributed by atoms with Gasteiger partial charge in [-0.15, -0.1) is 8.78 Å². The Morgan fingerprint density at radius 1 is 1.20 bits per heavy atom. The molecule has 0 fully saturated rings. The van der Waals surface area contributed by atoms with Gasteiger partial charge in [0.25, 0.3) is 5.91 Å². The summed E-state index contributed by atoms with van der Waals surface area (Å²) in [5, 5.41) is 2.40. The molecule has 0 atom stereocenters. The van der Waals surface area contributed by atoms with Gasteiger partial charge in [0, 0.05) is 23.6 Å². The van der Waals surface area contributed by atoms with Crippen LogP contribution in [0.4, 0.5) is 14.5 Å². The zero-order chi connectivity index (χ0) is 18.0. The van der Waals surface area contributed by atoms with Crippen molar-refractivity contribution in [3.8, 4) is 11.5 Å². The summed E-state index contributed by atoms with van der Waals surface area (Å²) in [4.78, 5) is 27.5. The highest BCUT2D eigenvalue weighted by Gasteiger charge is 2.43. The number of halogens is 2. The van der Waals surface area contributed by atoms with Gasteiger partial charge in [0.1, 0.15) is 0 Å². The van der Waals surface area contributed by atoms with Crippen LogP contribution in [-0.2, 0) is 9.53 Å². The number of benzene rings is 1. The fraction of sp³-hybridized carbons (Fsp3) is 0.188. The second kappa shape index (κ2) is 6.34. The van der Waals surface area contributed by atoms with Crippen molar-refractivity contribution in [1.82, 2.24) is 4.98 Å². The van der Waals surface area contributed by atoms with E-state index in [4.69, 9.17) is 4.74 Å². The number of fused-ring (bicyclic) bond motifs is 1. The highest BCUT2D eigenvalue weighted by Crippen LogP contribution is 2.42. The number of carbonyl (C=O) groups is 2. The first-order valence-corrected chi connectivity index (χ1v) is 7.12. The highest BCUT2D eigenvalue weighted by atomic mass is 19.3. The molecule has 1 aliphatic rings. The van der Waals surface area contributed by atoms with E-state index in [-0.39, 0.29) is 22.7 Å². The van der Waals surface area contributed by atoms with Crippen molar-refractivity contribution in [1.29, 1.82) is 0 Å². The molecule has 0 bridgehead atoms. The van der Waals surface area contributed by atoms with Crippen molar-refractivity contribution >= 4 is 17.6 Å². The molecule has 0 spiro atoms. The van der Waals surface area contributed by atoms with Crippen LogP contribution in [0.5, 0.6) is 11.5 Å². The van der Waals surface area contributed by atoms with Crippen LogP contribution < -0.4 is 14.8 Å². The normalized spacial score (nSPS) is 14.0. The van der Waals surface area contributed by atoms with Gasteiger partial charge in [-0.1, -0.05) is 0 Å². The van der Waals surface area contributed by atoms with Gasteiger partial charge in [0.2, 0.25) is 0 Å². The molecule has 3 rings (SSSR count). The lowest BCUT2D eigenvalue weighted by molar-refractivity contribution is -0.286. The Kier molecular flexibility index (Phi) is 4.22. The molecule has 25 heavy (non-hydrogen) atoms. The highest BCUT2D eigenvalue weighted by molar-refractivity contribution is 5.95. The van der Waals surface area contributed by atoms with Crippen LogP contribution in [0.1, 0.15) is 16.1 Å². The second-order valence-corrected chi connectivity index (χ2v) is 5.14. The fourth-order valence-electron chi connectivity index (χ4n) is 2.03. The molecule has 0 radical (unpaired) electrons. The molecule has 2 heterocycles. The van der Waals surface area contributed by atoms with Crippen molar-refractivity contribution in [2.24, 2.45) is 0 Å². The van der Waals surface area contributed by atoms with Gasteiger partial charge in [-0.3, -0.25) is 9.78 Å². The number of rotatable bonds is 4. The number of esters is 1. The maximum atomic E-state index is 12.9. The molecule has 7 nitrogen and oxygen atoms in total. The third-order valence-electron chi connectivity index (χ3n) is 3.17. The van der Waals surface area contributed by atoms with Crippen LogP contribution in [0.2, 0.25) is 0 Å². The fourth-order valence-corrected chi connectivity index (χ4v) is 2.03. The average Bonchev–Trinajstić information content (AvgIpc) is 2.86. The van der Waals surface area contributed by atoms with E-state index in [1.807, 2.05) is 0 Å². The molecule has 2 aromatic rings. The van der Waals surface area contributed by atoms with E-state index in [0.717, 1.165) is 5.69 Å². The topological polar surface area (TPSA) is 86.8 Å². The Hall–Kier alpha value is -3.23. The first kappa shape index (κ1) is 16.6. The summed E-state index contributed by atoms with van der Waals surface area (Å²) in [6.07, 6.45) is -2.39. The summed E-state index contributed by atoms with van der Waals surface area (Å²) < 4.78 is 39.3. The molecule has 0 aliphatic carbocycles. The van der Waals surface area contributed by atoms with Crippen LogP contribution >= 0.6 is 0 Å². The Morgan fingerprint density at radius 2 is 1.96 bits per heavy atom. The van der Waals surface area contributed by atoms with Gasteiger partial charge in [-0.25, -0.2) is 4.79 Å². The number of aryl methyl sites for hydroxylation is 1. The second-order valence-electron chi connectivity index (χ2n) is 5.14. The van der Waals surface area contributed by atoms with Crippen LogP contribution in [0.25, 0.3) is 0 Å². The average molecular weight is 350 g/mol. The van der Waals surface area contributed by atoms with Gasteiger partial charge in [-0.2, -0.15) is 0 Å². The number of hydrogen-bond acceptors (Lipinski definition) is 6. The minimum absolute atomic E-state index is 0.138. The van der Waals surface area contributed by atoms with Crippen molar-refractivity contribution in [2.45, 2.75) is 13.2 Å². The summed E-state index contributed by atoms with van der Waals surface area (Å²) in [5.74, 6) is -1.68. The summed E-state index contributed by atoms with van der Waals surface area (Å²) in [7, 11) is 0. The Bertz CT molecular complexity index is 824. The largest absolute Gasteiger partial charge is 0.586 e. The predicted octanol–water partition coefficient (Wildman–Crippen LogP) is 2.51. The maximum absolute atomic E-state index is 12.9. The molecule has 9 heteroatoms. The molecule has 1 aromatic carbocycles. The van der Waals surface area contributed by atoms with E-state index in [0.29, 0.717) is 0 Å². The molecule has 0 unspecified atom stereocenters. The number of alkyl halides is 2. The van der Waals surface area contributed by atoms with E-state index in [9.17, 15) is 18.4 Å². The SMILES string of the molecule is Cc1ccc(C(=O)OCC(=O)Nc2ccc3c(c2)OC(F)(F)O3)cn1. The molecule has 1 aliphatic heterocycles. The number of aromatic nitrogens is 1. The molecule has 1 N–H and O–H groups in total. The van der Waals surface area contributed by atoms with Gasteiger partial charge in [-0.05, 0) is 31.2 Å². The predicted molar refractivity (Wildman–Crippen MR) is 80.5 cm³/mol. The quantitative estimate of drug-likeness (QED) is 0.853. The lowest BCUT2D eigenvalue weighted by Gasteiger charge is -2.07. The van der Waals surface area contributed by atoms with Crippen molar-refractivity contribution in [3.63, 3.8) is 0 Å². The maximum Gasteiger partial charge on any atom is 0.586 e. The molecule has 0 saturated carbocycles. The van der Waals surface area contributed by atoms with Crippen molar-refractivity contribution < 1.29 is 32.6 Å². The standard InChI is InChI=1S/C16H12F2N2O5/c1-9-2-3-10(7-19-9)15(22)23-8-14(21)20-11-4-5-12-13(6-11)25-16(17,18)24-12/h2-7H,8H2,1H3,(H,20,21). The van der Waals surface area contributed by atoms with Crippen molar-refractivity contribution in [2.75, 3.05) is 11.9 Å². The number of hydrogen-bond donors (Lipinski definition) is 1. The Labute approximate surface area is 140 Å². The Morgan fingerprint density at radius 3 is 2.68 bits per heavy atom. The van der Waals surface area contributed by atoms with Crippen LogP contribution in [-0.4, -0.2) is 29.8 Å². The lowest BCUT2D eigenvalue weighted by Crippen LogP contribution is -2.25. The number of amides is 1. The first-order valence-electron chi connectivity index (χ1n) is 7.12. The van der Waals surface area contributed by atoms with Gasteiger partial charge in [0.15, 0.2) is 18.1 Å². The molecule has 0 saturated heterocycles. The molecule has 1 aromatic heterocycles. The zero-order valence-corrected chi connectivity index (χ0v) is 12.9. The smallest absolute Gasteiger partial charge is 0.452 e. The summed E-state index contributed by atoms with van der Waals surface area (Å²) in [6, 6.07) is 6.93. The van der Waals surface area contributed by atoms with E-state index in [1.54, 1.807) is 13.0 Å². The number of anilines is 1. The number of ether oxygens (including phenoxy) is 3. The van der Waals surface area contributed by atoms with Crippen LogP contribution in [0.3, 0.4) is 0 Å². The molecular formula is C16H12F2N2O5. The van der Waals surface area contributed by atoms with Crippen molar-refractivity contribution in [3.05, 3.63) is 47.8 Å². The van der Waals surface area contributed by atoms with Crippen LogP contribution in [0, 0.1) is 6.92 Å². The minimum Gasteiger partial charge on any atom is -0.452 e. The third-order valence-corrected chi connectivity index (χ3v) is 3.17. The number of nitrogens with zero attached hydrogens (tertiary/aromatic N) is 1. The van der Waals surface area contributed by atoms with E-state index in [1.165, 1.54) is 30.5 Å². The third kappa shape index (κ3) is 4.00. The summed E-state index contributed by atoms with van der Waals surface area (Å²) in [5.41, 5.74) is 1.14. The van der Waals surface area contributed by atoms with E-state index in [2.05, 4.69) is 19.8 Å². The van der Waals surface area contributed by atoms with E-state index >= 15 is 0 Å². The van der Waals surface area contributed by atoms with Gasteiger partial charge < -0.3 is 19.5 Å². The summed E-state index contributed by atoms with van der Waals surface area (Å²) in [6.45, 7) is 1.22. The Balaban J connectivity index is 1.55. The van der Waals surface area contributed by atoms with E-state index < -0.39 is 24.8 Å². The lowest BCUT2D eigenvalue weighted by atomic mass is 10.2. The van der Waals surface area contributed by atoms with Gasteiger partial charge >= 0.3 is 12.3 Å². The first-order chi connectivity index (χ1) is 11.8. The van der Waals surface area contributed by atoms with Crippen LogP contribution in [0.15, 0.2) is 36.5 Å². The summed E-state index contributed by atoms with van der Waals surface area (Å²) >= 11 is 0. The number of carbonyl (C=O) groups excluding carboxylic acids is 2.